The summed E-state index contributed by atoms with van der Waals surface area (Å²) >= 11 is 0. The summed E-state index contributed by atoms with van der Waals surface area (Å²) < 4.78 is 0. The van der Waals surface area contributed by atoms with Gasteiger partial charge >= 0.3 is 0 Å². The lowest BCUT2D eigenvalue weighted by Crippen LogP contribution is -2.52. The van der Waals surface area contributed by atoms with Crippen molar-refractivity contribution < 1.29 is 0 Å². The molecule has 2 saturated carbocycles. The first-order valence-electron chi connectivity index (χ1n) is 7.10. The van der Waals surface area contributed by atoms with Crippen LogP contribution in [0.3, 0.4) is 0 Å². The van der Waals surface area contributed by atoms with Gasteiger partial charge in [-0.3, -0.25) is 4.90 Å². The van der Waals surface area contributed by atoms with Crippen molar-refractivity contribution >= 4 is 0 Å². The fourth-order valence-corrected chi connectivity index (χ4v) is 3.98. The normalized spacial score (nSPS) is 36.5. The summed E-state index contributed by atoms with van der Waals surface area (Å²) in [6.45, 7) is 3.42. The Morgan fingerprint density at radius 3 is 2.35 bits per heavy atom. The molecule has 1 heterocycles. The van der Waals surface area contributed by atoms with Crippen LogP contribution in [-0.4, -0.2) is 37.1 Å². The van der Waals surface area contributed by atoms with Crippen LogP contribution in [-0.2, 0) is 0 Å². The third kappa shape index (κ3) is 1.98. The molecule has 3 aliphatic rings. The zero-order valence-corrected chi connectivity index (χ0v) is 10.8. The van der Waals surface area contributed by atoms with Gasteiger partial charge in [-0.2, -0.15) is 5.26 Å². The minimum absolute atomic E-state index is 0.265. The van der Waals surface area contributed by atoms with Crippen LogP contribution in [0.1, 0.15) is 32.1 Å². The molecule has 0 aromatic rings. The molecule has 3 fully saturated rings. The van der Waals surface area contributed by atoms with Gasteiger partial charge in [-0.15, -0.1) is 0 Å². The number of fused-ring (bicyclic) bond motifs is 1. The summed E-state index contributed by atoms with van der Waals surface area (Å²) in [6.07, 6.45) is 6.73. The Bertz CT molecular complexity index is 319. The zero-order valence-electron chi connectivity index (χ0n) is 10.8. The van der Waals surface area contributed by atoms with Crippen molar-refractivity contribution in [3.8, 4) is 6.07 Å². The van der Waals surface area contributed by atoms with Gasteiger partial charge < -0.3 is 5.32 Å². The summed E-state index contributed by atoms with van der Waals surface area (Å²) in [5.41, 5.74) is -0.265. The number of nitrogens with one attached hydrogen (secondary N) is 1. The van der Waals surface area contributed by atoms with E-state index in [-0.39, 0.29) is 5.54 Å². The van der Waals surface area contributed by atoms with Crippen molar-refractivity contribution in [2.45, 2.75) is 37.6 Å². The molecule has 94 valence electrons. The maximum atomic E-state index is 9.51. The van der Waals surface area contributed by atoms with Crippen LogP contribution in [0.25, 0.3) is 0 Å². The number of hydrogen-bond donors (Lipinski definition) is 1. The summed E-state index contributed by atoms with van der Waals surface area (Å²) in [6, 6.07) is 2.57. The average molecular weight is 233 g/mol. The molecule has 1 N–H and O–H groups in total. The van der Waals surface area contributed by atoms with Crippen molar-refractivity contribution in [3.05, 3.63) is 0 Å². The quantitative estimate of drug-likeness (QED) is 0.802. The standard InChI is InChI=1S/C14H23N3/c1-16-14(9-15,13-5-6-13)10-17-7-11-3-2-4-12(11)8-17/h11-13,16H,2-8,10H2,1H3. The summed E-state index contributed by atoms with van der Waals surface area (Å²) in [5, 5.41) is 12.8. The van der Waals surface area contributed by atoms with Gasteiger partial charge in [0.15, 0.2) is 0 Å². The van der Waals surface area contributed by atoms with E-state index in [2.05, 4.69) is 16.3 Å². The minimum Gasteiger partial charge on any atom is -0.301 e. The highest BCUT2D eigenvalue weighted by Crippen LogP contribution is 2.42. The number of rotatable bonds is 4. The SMILES string of the molecule is CNC(C#N)(CN1CC2CCCC2C1)C1CC1. The van der Waals surface area contributed by atoms with E-state index in [0.29, 0.717) is 5.92 Å². The highest BCUT2D eigenvalue weighted by Gasteiger charge is 2.47. The molecule has 17 heavy (non-hydrogen) atoms. The van der Waals surface area contributed by atoms with E-state index in [1.807, 2.05) is 7.05 Å². The van der Waals surface area contributed by atoms with E-state index in [0.717, 1.165) is 18.4 Å². The van der Waals surface area contributed by atoms with E-state index in [1.54, 1.807) is 0 Å². The predicted octanol–water partition coefficient (Wildman–Crippen LogP) is 1.61. The molecule has 0 aromatic carbocycles. The van der Waals surface area contributed by atoms with Gasteiger partial charge in [0.1, 0.15) is 5.54 Å². The number of likely N-dealkylation sites (N-methyl/N-ethyl adjacent to an activating group) is 1. The monoisotopic (exact) mass is 233 g/mol. The highest BCUT2D eigenvalue weighted by atomic mass is 15.2. The molecule has 1 aliphatic heterocycles. The van der Waals surface area contributed by atoms with E-state index >= 15 is 0 Å². The van der Waals surface area contributed by atoms with E-state index in [4.69, 9.17) is 0 Å². The van der Waals surface area contributed by atoms with Crippen molar-refractivity contribution in [1.82, 2.24) is 10.2 Å². The van der Waals surface area contributed by atoms with Crippen LogP contribution in [0, 0.1) is 29.1 Å². The van der Waals surface area contributed by atoms with Crippen LogP contribution in [0.2, 0.25) is 0 Å². The molecule has 0 spiro atoms. The number of hydrogen-bond acceptors (Lipinski definition) is 3. The Hall–Kier alpha value is -0.590. The molecule has 0 radical (unpaired) electrons. The Kier molecular flexibility index (Phi) is 2.88. The first kappa shape index (κ1) is 11.5. The molecule has 3 heteroatoms. The molecule has 0 bridgehead atoms. The van der Waals surface area contributed by atoms with Crippen LogP contribution in [0.4, 0.5) is 0 Å². The Morgan fingerprint density at radius 1 is 1.24 bits per heavy atom. The number of likely N-dealkylation sites (tertiary alicyclic amines) is 1. The number of nitrogens with zero attached hydrogens (tertiary/aromatic N) is 2. The Labute approximate surface area is 104 Å². The molecule has 2 aliphatic carbocycles. The van der Waals surface area contributed by atoms with Crippen molar-refractivity contribution in [2.24, 2.45) is 17.8 Å². The number of nitriles is 1. The lowest BCUT2D eigenvalue weighted by atomic mass is 9.94. The smallest absolute Gasteiger partial charge is 0.122 e. The molecule has 3 unspecified atom stereocenters. The maximum Gasteiger partial charge on any atom is 0.122 e. The van der Waals surface area contributed by atoms with Gasteiger partial charge in [-0.25, -0.2) is 0 Å². The predicted molar refractivity (Wildman–Crippen MR) is 67.4 cm³/mol. The lowest BCUT2D eigenvalue weighted by Gasteiger charge is -2.31. The lowest BCUT2D eigenvalue weighted by molar-refractivity contribution is 0.224. The Morgan fingerprint density at radius 2 is 1.88 bits per heavy atom. The van der Waals surface area contributed by atoms with Crippen LogP contribution in [0.5, 0.6) is 0 Å². The average Bonchev–Trinajstić information content (AvgIpc) is 2.99. The second-order valence-electron chi connectivity index (χ2n) is 6.25. The molecule has 0 aromatic heterocycles. The summed E-state index contributed by atoms with van der Waals surface area (Å²) in [7, 11) is 1.96. The van der Waals surface area contributed by atoms with Gasteiger partial charge in [0.05, 0.1) is 6.07 Å². The summed E-state index contributed by atoms with van der Waals surface area (Å²) in [4.78, 5) is 2.55. The van der Waals surface area contributed by atoms with Crippen LogP contribution < -0.4 is 5.32 Å². The van der Waals surface area contributed by atoms with E-state index in [1.165, 1.54) is 45.2 Å². The molecule has 1 saturated heterocycles. The molecule has 3 atom stereocenters. The molecular formula is C14H23N3. The van der Waals surface area contributed by atoms with Gasteiger partial charge in [0.2, 0.25) is 0 Å². The molecular weight excluding hydrogens is 210 g/mol. The molecule has 0 amide bonds. The van der Waals surface area contributed by atoms with Crippen LogP contribution >= 0.6 is 0 Å². The summed E-state index contributed by atoms with van der Waals surface area (Å²) in [5.74, 6) is 2.46. The third-order valence-corrected chi connectivity index (χ3v) is 5.19. The zero-order chi connectivity index (χ0) is 11.9. The molecule has 3 nitrogen and oxygen atoms in total. The largest absolute Gasteiger partial charge is 0.301 e. The van der Waals surface area contributed by atoms with E-state index in [9.17, 15) is 5.26 Å². The van der Waals surface area contributed by atoms with Crippen molar-refractivity contribution in [1.29, 1.82) is 5.26 Å². The van der Waals surface area contributed by atoms with Gasteiger partial charge in [0.25, 0.3) is 0 Å². The highest BCUT2D eigenvalue weighted by molar-refractivity contribution is 5.16. The molecule has 3 rings (SSSR count). The minimum atomic E-state index is -0.265. The van der Waals surface area contributed by atoms with Gasteiger partial charge in [-0.05, 0) is 50.5 Å². The topological polar surface area (TPSA) is 39.1 Å². The van der Waals surface area contributed by atoms with E-state index < -0.39 is 0 Å². The van der Waals surface area contributed by atoms with Gasteiger partial charge in [-0.1, -0.05) is 6.42 Å². The second-order valence-corrected chi connectivity index (χ2v) is 6.25. The Balaban J connectivity index is 1.64. The first-order valence-corrected chi connectivity index (χ1v) is 7.10. The van der Waals surface area contributed by atoms with Crippen LogP contribution in [0.15, 0.2) is 0 Å². The van der Waals surface area contributed by atoms with Crippen molar-refractivity contribution in [3.63, 3.8) is 0 Å². The third-order valence-electron chi connectivity index (χ3n) is 5.19. The van der Waals surface area contributed by atoms with Gasteiger partial charge in [0, 0.05) is 19.6 Å². The fraction of sp³-hybridized carbons (Fsp3) is 0.929. The first-order chi connectivity index (χ1) is 8.27. The maximum absolute atomic E-state index is 9.51. The van der Waals surface area contributed by atoms with Crippen molar-refractivity contribution in [2.75, 3.05) is 26.7 Å². The second kappa shape index (κ2) is 4.26. The fourth-order valence-electron chi connectivity index (χ4n) is 3.98.